The molecule has 0 saturated carbocycles. The first-order valence-corrected chi connectivity index (χ1v) is 11.3. The van der Waals surface area contributed by atoms with E-state index in [4.69, 9.17) is 0 Å². The average molecular weight is 471 g/mol. The average Bonchev–Trinajstić information content (AvgIpc) is 3.12. The molecular weight excluding hydrogens is 448 g/mol. The molecule has 1 aliphatic heterocycles. The molecule has 7 heteroatoms. The van der Waals surface area contributed by atoms with Crippen LogP contribution in [0.25, 0.3) is 11.3 Å². The van der Waals surface area contributed by atoms with Gasteiger partial charge >= 0.3 is 0 Å². The van der Waals surface area contributed by atoms with Gasteiger partial charge in [0.25, 0.3) is 5.91 Å². The summed E-state index contributed by atoms with van der Waals surface area (Å²) in [5, 5.41) is 3.22. The van der Waals surface area contributed by atoms with E-state index in [2.05, 4.69) is 36.2 Å². The maximum Gasteiger partial charge on any atom is 0.255 e. The molecular formula is C22H23BrN4OS. The Morgan fingerprint density at radius 2 is 1.90 bits per heavy atom. The van der Waals surface area contributed by atoms with Gasteiger partial charge in [0, 0.05) is 48.1 Å². The van der Waals surface area contributed by atoms with E-state index in [1.54, 1.807) is 11.3 Å². The molecule has 1 amide bonds. The number of nitrogens with zero attached hydrogens (tertiary/aromatic N) is 4. The van der Waals surface area contributed by atoms with Crippen LogP contribution in [0.2, 0.25) is 0 Å². The second-order valence-electron chi connectivity index (χ2n) is 7.27. The van der Waals surface area contributed by atoms with E-state index in [0.717, 1.165) is 64.8 Å². The highest BCUT2D eigenvalue weighted by Crippen LogP contribution is 2.23. The monoisotopic (exact) mass is 470 g/mol. The summed E-state index contributed by atoms with van der Waals surface area (Å²) in [6, 6.07) is 11.9. The van der Waals surface area contributed by atoms with E-state index in [-0.39, 0.29) is 5.91 Å². The van der Waals surface area contributed by atoms with Gasteiger partial charge in [0.15, 0.2) is 0 Å². The number of aryl methyl sites for hydroxylation is 2. The highest BCUT2D eigenvalue weighted by molar-refractivity contribution is 9.10. The lowest BCUT2D eigenvalue weighted by atomic mass is 10.1. The number of carbonyl (C=O) groups is 1. The third-order valence-corrected chi connectivity index (χ3v) is 6.46. The van der Waals surface area contributed by atoms with Gasteiger partial charge in [-0.3, -0.25) is 14.7 Å². The highest BCUT2D eigenvalue weighted by Gasteiger charge is 2.24. The molecule has 0 unspecified atom stereocenters. The second kappa shape index (κ2) is 8.73. The van der Waals surface area contributed by atoms with Gasteiger partial charge in [0.1, 0.15) is 0 Å². The van der Waals surface area contributed by atoms with Crippen LogP contribution < -0.4 is 0 Å². The van der Waals surface area contributed by atoms with Gasteiger partial charge in [-0.05, 0) is 38.1 Å². The number of thiazole rings is 1. The van der Waals surface area contributed by atoms with Gasteiger partial charge < -0.3 is 4.90 Å². The molecule has 0 aliphatic carbocycles. The number of aromatic nitrogens is 2. The zero-order chi connectivity index (χ0) is 20.4. The van der Waals surface area contributed by atoms with Gasteiger partial charge in [-0.25, -0.2) is 4.98 Å². The summed E-state index contributed by atoms with van der Waals surface area (Å²) in [5.74, 6) is 0.0694. The van der Waals surface area contributed by atoms with Crippen LogP contribution in [-0.4, -0.2) is 51.9 Å². The van der Waals surface area contributed by atoms with Crippen molar-refractivity contribution in [3.63, 3.8) is 0 Å². The second-order valence-corrected chi connectivity index (χ2v) is 9.24. The molecule has 150 valence electrons. The first-order chi connectivity index (χ1) is 14.0. The predicted molar refractivity (Wildman–Crippen MR) is 120 cm³/mol. The van der Waals surface area contributed by atoms with Gasteiger partial charge in [0.05, 0.1) is 27.7 Å². The van der Waals surface area contributed by atoms with Crippen LogP contribution in [0.4, 0.5) is 0 Å². The molecule has 3 heterocycles. The van der Waals surface area contributed by atoms with Crippen molar-refractivity contribution >= 4 is 33.2 Å². The van der Waals surface area contributed by atoms with Crippen molar-refractivity contribution in [1.29, 1.82) is 0 Å². The minimum absolute atomic E-state index is 0.0694. The Balaban J connectivity index is 1.41. The quantitative estimate of drug-likeness (QED) is 0.561. The molecule has 2 aromatic heterocycles. The lowest BCUT2D eigenvalue weighted by Gasteiger charge is -2.34. The normalized spacial score (nSPS) is 14.9. The number of carbonyl (C=O) groups excluding carboxylic acids is 1. The molecule has 0 N–H and O–H groups in total. The first-order valence-electron chi connectivity index (χ1n) is 9.66. The standard InChI is InChI=1S/C22H23BrN4OS/c1-15-20(6-7-21(24-15)17-4-3-5-18(23)12-17)22(28)27-10-8-26(9-11-27)13-19-14-29-16(2)25-19/h3-7,12,14H,8-11,13H2,1-2H3. The van der Waals surface area contributed by atoms with Gasteiger partial charge in [0.2, 0.25) is 0 Å². The topological polar surface area (TPSA) is 49.3 Å². The fraction of sp³-hybridized carbons (Fsp3) is 0.318. The zero-order valence-corrected chi connectivity index (χ0v) is 19.0. The number of hydrogen-bond acceptors (Lipinski definition) is 5. The SMILES string of the molecule is Cc1nc(CN2CCN(C(=O)c3ccc(-c4cccc(Br)c4)nc3C)CC2)cs1. The summed E-state index contributed by atoms with van der Waals surface area (Å²) in [6.45, 7) is 7.99. The van der Waals surface area contributed by atoms with Crippen LogP contribution in [-0.2, 0) is 6.54 Å². The molecule has 1 fully saturated rings. The van der Waals surface area contributed by atoms with Crippen LogP contribution in [0.15, 0.2) is 46.3 Å². The van der Waals surface area contributed by atoms with Crippen LogP contribution >= 0.6 is 27.3 Å². The summed E-state index contributed by atoms with van der Waals surface area (Å²) in [5.41, 5.74) is 4.49. The third kappa shape index (κ3) is 4.74. The molecule has 0 atom stereocenters. The van der Waals surface area contributed by atoms with E-state index in [1.165, 1.54) is 0 Å². The minimum atomic E-state index is 0.0694. The molecule has 29 heavy (non-hydrogen) atoms. The number of rotatable bonds is 4. The number of halogens is 1. The lowest BCUT2D eigenvalue weighted by molar-refractivity contribution is 0.0626. The van der Waals surface area contributed by atoms with Crippen molar-refractivity contribution in [2.75, 3.05) is 26.2 Å². The maximum absolute atomic E-state index is 13.0. The van der Waals surface area contributed by atoms with Crippen molar-refractivity contribution in [3.8, 4) is 11.3 Å². The van der Waals surface area contributed by atoms with E-state index < -0.39 is 0 Å². The molecule has 1 aliphatic rings. The predicted octanol–water partition coefficient (Wildman–Crippen LogP) is 4.54. The van der Waals surface area contributed by atoms with Gasteiger partial charge in [-0.15, -0.1) is 11.3 Å². The van der Waals surface area contributed by atoms with Crippen LogP contribution in [0, 0.1) is 13.8 Å². The maximum atomic E-state index is 13.0. The Morgan fingerprint density at radius 3 is 2.55 bits per heavy atom. The molecule has 3 aromatic rings. The fourth-order valence-corrected chi connectivity index (χ4v) is 4.59. The Bertz CT molecular complexity index is 1030. The van der Waals surface area contributed by atoms with Crippen molar-refractivity contribution in [2.45, 2.75) is 20.4 Å². The van der Waals surface area contributed by atoms with Gasteiger partial charge in [-0.2, -0.15) is 0 Å². The van der Waals surface area contributed by atoms with E-state index in [9.17, 15) is 4.79 Å². The first kappa shape index (κ1) is 20.2. The number of pyridine rings is 1. The summed E-state index contributed by atoms with van der Waals surface area (Å²) in [4.78, 5) is 26.6. The number of benzene rings is 1. The molecule has 0 radical (unpaired) electrons. The van der Waals surface area contributed by atoms with E-state index in [0.29, 0.717) is 5.56 Å². The van der Waals surface area contributed by atoms with E-state index >= 15 is 0 Å². The molecule has 4 rings (SSSR count). The van der Waals surface area contributed by atoms with E-state index in [1.807, 2.05) is 55.1 Å². The molecule has 0 spiro atoms. The van der Waals surface area contributed by atoms with Crippen LogP contribution in [0.1, 0.15) is 26.8 Å². The molecule has 1 saturated heterocycles. The Hall–Kier alpha value is -2.09. The van der Waals surface area contributed by atoms with Crippen LogP contribution in [0.5, 0.6) is 0 Å². The van der Waals surface area contributed by atoms with Crippen molar-refractivity contribution in [3.05, 3.63) is 68.2 Å². The van der Waals surface area contributed by atoms with Crippen molar-refractivity contribution < 1.29 is 4.79 Å². The third-order valence-electron chi connectivity index (χ3n) is 5.15. The molecule has 1 aromatic carbocycles. The van der Waals surface area contributed by atoms with Crippen LogP contribution in [0.3, 0.4) is 0 Å². The Morgan fingerprint density at radius 1 is 1.10 bits per heavy atom. The fourth-order valence-electron chi connectivity index (χ4n) is 3.59. The zero-order valence-electron chi connectivity index (χ0n) is 16.6. The largest absolute Gasteiger partial charge is 0.336 e. The number of amides is 1. The Kier molecular flexibility index (Phi) is 6.08. The smallest absolute Gasteiger partial charge is 0.255 e. The number of hydrogen-bond donors (Lipinski definition) is 0. The summed E-state index contributed by atoms with van der Waals surface area (Å²) < 4.78 is 1.01. The summed E-state index contributed by atoms with van der Waals surface area (Å²) in [7, 11) is 0. The highest BCUT2D eigenvalue weighted by atomic mass is 79.9. The Labute approximate surface area is 183 Å². The molecule has 0 bridgehead atoms. The number of piperazine rings is 1. The van der Waals surface area contributed by atoms with Gasteiger partial charge in [-0.1, -0.05) is 28.1 Å². The summed E-state index contributed by atoms with van der Waals surface area (Å²) in [6.07, 6.45) is 0. The van der Waals surface area contributed by atoms with Crippen molar-refractivity contribution in [2.24, 2.45) is 0 Å². The lowest BCUT2D eigenvalue weighted by Crippen LogP contribution is -2.48. The summed E-state index contributed by atoms with van der Waals surface area (Å²) >= 11 is 5.18. The minimum Gasteiger partial charge on any atom is -0.336 e. The molecule has 5 nitrogen and oxygen atoms in total. The van der Waals surface area contributed by atoms with Crippen molar-refractivity contribution in [1.82, 2.24) is 19.8 Å².